The molecule has 8 nitrogen and oxygen atoms in total. The highest BCUT2D eigenvalue weighted by Crippen LogP contribution is 2.46. The zero-order chi connectivity index (χ0) is 35.8. The van der Waals surface area contributed by atoms with Gasteiger partial charge in [-0.2, -0.15) is 5.06 Å². The third kappa shape index (κ3) is 9.17. The van der Waals surface area contributed by atoms with E-state index in [0.717, 1.165) is 60.5 Å². The summed E-state index contributed by atoms with van der Waals surface area (Å²) >= 11 is 0. The van der Waals surface area contributed by atoms with Crippen molar-refractivity contribution in [2.24, 2.45) is 17.1 Å². The molecular formula is C43H57N7O. The zero-order valence-electron chi connectivity index (χ0n) is 31.1. The molecule has 51 heavy (non-hydrogen) atoms. The number of benzene rings is 3. The van der Waals surface area contributed by atoms with Crippen LogP contribution in [0.5, 0.6) is 0 Å². The first kappa shape index (κ1) is 36.5. The number of unbranched alkanes of at least 4 members (excludes halogenated alkanes) is 1. The van der Waals surface area contributed by atoms with Crippen molar-refractivity contribution in [1.82, 2.24) is 30.3 Å². The van der Waals surface area contributed by atoms with Crippen molar-refractivity contribution >= 4 is 10.8 Å². The van der Waals surface area contributed by atoms with E-state index >= 15 is 0 Å². The van der Waals surface area contributed by atoms with Crippen LogP contribution in [0.4, 0.5) is 0 Å². The lowest BCUT2D eigenvalue weighted by atomic mass is 9.98. The zero-order valence-corrected chi connectivity index (χ0v) is 31.1. The maximum atomic E-state index is 6.15. The van der Waals surface area contributed by atoms with Crippen LogP contribution < -0.4 is 11.1 Å². The molecule has 3 atom stereocenters. The third-order valence-corrected chi connectivity index (χ3v) is 10.3. The van der Waals surface area contributed by atoms with E-state index in [1.165, 1.54) is 72.2 Å². The molecule has 0 radical (unpaired) electrons. The first-order chi connectivity index (χ1) is 24.8. The second-order valence-electron chi connectivity index (χ2n) is 14.9. The third-order valence-electron chi connectivity index (χ3n) is 10.3. The maximum Gasteiger partial charge on any atom is 0.124 e. The minimum atomic E-state index is 0.381. The Kier molecular flexibility index (Phi) is 12.1. The highest BCUT2D eigenvalue weighted by molar-refractivity contribution is 5.90. The van der Waals surface area contributed by atoms with Gasteiger partial charge in [-0.15, -0.1) is 0 Å². The van der Waals surface area contributed by atoms with Crippen LogP contribution in [0.1, 0.15) is 96.8 Å². The SMILES string of the molecule is C=CN.CCC.CCCCON(Cc1ncc(-c2ccc3cc(-c4ccc(-c5cnc(C6NC7CCC6C7)[nH]5)cc4)ccc3c2)[nH]1)CC1(C)CC1. The largest absolute Gasteiger partial charge is 0.405 e. The van der Waals surface area contributed by atoms with Gasteiger partial charge in [-0.05, 0) is 95.7 Å². The fourth-order valence-corrected chi connectivity index (χ4v) is 7.28. The van der Waals surface area contributed by atoms with Gasteiger partial charge in [0, 0.05) is 18.2 Å². The molecule has 0 amide bonds. The van der Waals surface area contributed by atoms with Crippen molar-refractivity contribution in [3.05, 3.63) is 97.5 Å². The average Bonchev–Trinajstić information content (AvgIpc) is 3.70. The summed E-state index contributed by atoms with van der Waals surface area (Å²) in [5.41, 5.74) is 11.9. The topological polar surface area (TPSA) is 108 Å². The molecule has 8 heteroatoms. The molecule has 0 spiro atoms. The standard InChI is InChI=1S/C38H44N6O.C3H8.C2H5N/c1-3-4-17-45-44(24-38(2)15-16-38)23-35-39-21-34(42-35)30-12-11-28-18-27(9-10-29(28)19-30)25-5-7-26(8-6-25)33-22-40-37(43-33)36-31-13-14-32(20-31)41-36;1-3-2;1-2-3/h5-12,18-19,21-22,31-32,36,41H,3-4,13-17,20,23-24H2,1-2H3,(H,39,42)(H,40,43);3H2,1-2H3;2H,1,3H2. The van der Waals surface area contributed by atoms with Gasteiger partial charge in [0.1, 0.15) is 11.6 Å². The number of nitrogens with two attached hydrogens (primary N) is 1. The summed E-state index contributed by atoms with van der Waals surface area (Å²) in [6.07, 6.45) is 15.1. The fraction of sp³-hybridized carbons (Fsp3) is 0.442. The van der Waals surface area contributed by atoms with Crippen LogP contribution in [-0.4, -0.2) is 44.2 Å². The predicted octanol–water partition coefficient (Wildman–Crippen LogP) is 9.94. The number of hydrogen-bond donors (Lipinski definition) is 4. The first-order valence-electron chi connectivity index (χ1n) is 19.1. The van der Waals surface area contributed by atoms with Gasteiger partial charge in [-0.3, -0.25) is 4.84 Å². The monoisotopic (exact) mass is 687 g/mol. The number of H-pyrrole nitrogens is 2. The quantitative estimate of drug-likeness (QED) is 0.0768. The summed E-state index contributed by atoms with van der Waals surface area (Å²) in [7, 11) is 0. The second-order valence-corrected chi connectivity index (χ2v) is 14.9. The van der Waals surface area contributed by atoms with E-state index in [9.17, 15) is 0 Å². The van der Waals surface area contributed by atoms with E-state index in [1.54, 1.807) is 0 Å². The Hall–Kier alpha value is -4.24. The molecule has 2 bridgehead atoms. The molecule has 2 aliphatic carbocycles. The summed E-state index contributed by atoms with van der Waals surface area (Å²) < 4.78 is 0. The molecule has 3 fully saturated rings. The van der Waals surface area contributed by atoms with Gasteiger partial charge in [-0.25, -0.2) is 9.97 Å². The molecule has 3 heterocycles. The number of nitrogens with zero attached hydrogens (tertiary/aromatic N) is 3. The number of rotatable bonds is 12. The lowest BCUT2D eigenvalue weighted by Gasteiger charge is -2.24. The highest BCUT2D eigenvalue weighted by Gasteiger charge is 2.41. The molecule has 3 aliphatic rings. The van der Waals surface area contributed by atoms with Crippen molar-refractivity contribution in [3.8, 4) is 33.6 Å². The average molecular weight is 688 g/mol. The Morgan fingerprint density at radius 2 is 1.51 bits per heavy atom. The second kappa shape index (κ2) is 16.9. The summed E-state index contributed by atoms with van der Waals surface area (Å²) in [5, 5.41) is 8.31. The summed E-state index contributed by atoms with van der Waals surface area (Å²) in [4.78, 5) is 22.8. The van der Waals surface area contributed by atoms with Gasteiger partial charge in [0.2, 0.25) is 0 Å². The molecule has 3 unspecified atom stereocenters. The molecule has 8 rings (SSSR count). The normalized spacial score (nSPS) is 19.7. The molecule has 2 aromatic heterocycles. The number of hydrogen-bond acceptors (Lipinski definition) is 6. The number of nitrogens with one attached hydrogen (secondary N) is 3. The number of piperidine rings is 1. The Morgan fingerprint density at radius 1 is 0.882 bits per heavy atom. The molecule has 270 valence electrons. The van der Waals surface area contributed by atoms with Crippen LogP contribution in [0.3, 0.4) is 0 Å². The summed E-state index contributed by atoms with van der Waals surface area (Å²) in [6.45, 7) is 14.3. The molecule has 5 aromatic rings. The van der Waals surface area contributed by atoms with E-state index < -0.39 is 0 Å². The van der Waals surface area contributed by atoms with Crippen molar-refractivity contribution in [2.45, 2.75) is 97.7 Å². The predicted molar refractivity (Wildman–Crippen MR) is 211 cm³/mol. The Labute approximate surface area is 304 Å². The lowest BCUT2D eigenvalue weighted by Crippen LogP contribution is -2.30. The number of fused-ring (bicyclic) bond motifs is 3. The van der Waals surface area contributed by atoms with Gasteiger partial charge >= 0.3 is 0 Å². The van der Waals surface area contributed by atoms with Gasteiger partial charge in [-0.1, -0.05) is 95.6 Å². The van der Waals surface area contributed by atoms with E-state index in [1.807, 2.05) is 12.4 Å². The van der Waals surface area contributed by atoms with E-state index in [2.05, 4.69) is 121 Å². The number of aromatic amines is 2. The summed E-state index contributed by atoms with van der Waals surface area (Å²) in [5.74, 6) is 2.75. The van der Waals surface area contributed by atoms with E-state index in [4.69, 9.17) is 14.8 Å². The summed E-state index contributed by atoms with van der Waals surface area (Å²) in [6, 6.07) is 23.3. The van der Waals surface area contributed by atoms with Crippen molar-refractivity contribution in [2.75, 3.05) is 13.2 Å². The van der Waals surface area contributed by atoms with Gasteiger partial charge in [0.25, 0.3) is 0 Å². The fourth-order valence-electron chi connectivity index (χ4n) is 7.28. The van der Waals surface area contributed by atoms with Crippen LogP contribution in [0, 0.1) is 11.3 Å². The van der Waals surface area contributed by atoms with Crippen LogP contribution in [0.2, 0.25) is 0 Å². The first-order valence-corrected chi connectivity index (χ1v) is 19.1. The van der Waals surface area contributed by atoms with Crippen molar-refractivity contribution < 1.29 is 4.84 Å². The van der Waals surface area contributed by atoms with Crippen LogP contribution >= 0.6 is 0 Å². The van der Waals surface area contributed by atoms with Crippen LogP contribution in [0.15, 0.2) is 85.8 Å². The van der Waals surface area contributed by atoms with Crippen LogP contribution in [-0.2, 0) is 11.4 Å². The van der Waals surface area contributed by atoms with Gasteiger partial charge < -0.3 is 21.0 Å². The van der Waals surface area contributed by atoms with Crippen LogP contribution in [0.25, 0.3) is 44.4 Å². The Bertz CT molecular complexity index is 1850. The lowest BCUT2D eigenvalue weighted by molar-refractivity contribution is -0.177. The minimum absolute atomic E-state index is 0.381. The Balaban J connectivity index is 0.000000700. The van der Waals surface area contributed by atoms with Crippen molar-refractivity contribution in [3.63, 3.8) is 0 Å². The smallest absolute Gasteiger partial charge is 0.124 e. The number of imidazole rings is 2. The highest BCUT2D eigenvalue weighted by atomic mass is 16.7. The molecule has 2 saturated carbocycles. The number of aromatic nitrogens is 4. The molecule has 1 aliphatic heterocycles. The van der Waals surface area contributed by atoms with E-state index in [-0.39, 0.29) is 0 Å². The van der Waals surface area contributed by atoms with Gasteiger partial charge in [0.05, 0.1) is 43.0 Å². The molecular weight excluding hydrogens is 631 g/mol. The van der Waals surface area contributed by atoms with Crippen molar-refractivity contribution in [1.29, 1.82) is 0 Å². The van der Waals surface area contributed by atoms with Gasteiger partial charge in [0.15, 0.2) is 0 Å². The number of hydroxylamine groups is 2. The molecule has 1 saturated heterocycles. The van der Waals surface area contributed by atoms with E-state index in [0.29, 0.717) is 24.0 Å². The minimum Gasteiger partial charge on any atom is -0.405 e. The Morgan fingerprint density at radius 3 is 2.16 bits per heavy atom. The maximum absolute atomic E-state index is 6.15. The molecule has 3 aromatic carbocycles. The molecule has 5 N–H and O–H groups in total.